The maximum atomic E-state index is 11.5. The second kappa shape index (κ2) is 7.78. The van der Waals surface area contributed by atoms with E-state index in [0.717, 1.165) is 26.9 Å². The summed E-state index contributed by atoms with van der Waals surface area (Å²) in [6.45, 7) is 2.02. The second-order valence-corrected chi connectivity index (χ2v) is 7.04. The maximum absolute atomic E-state index is 11.5. The molecule has 0 saturated carbocycles. The van der Waals surface area contributed by atoms with Gasteiger partial charge in [-0.25, -0.2) is 4.79 Å². The minimum Gasteiger partial charge on any atom is -0.478 e. The molecular formula is C16H15ClO2S2. The topological polar surface area (TPSA) is 37.3 Å². The quantitative estimate of drug-likeness (QED) is 0.711. The Morgan fingerprint density at radius 1 is 1.10 bits per heavy atom. The van der Waals surface area contributed by atoms with Crippen molar-refractivity contribution >= 4 is 41.1 Å². The van der Waals surface area contributed by atoms with E-state index in [1.54, 1.807) is 11.8 Å². The van der Waals surface area contributed by atoms with Crippen molar-refractivity contribution in [3.05, 3.63) is 58.6 Å². The van der Waals surface area contributed by atoms with E-state index in [4.69, 9.17) is 11.6 Å². The molecule has 0 atom stereocenters. The Hall–Kier alpha value is -1.10. The molecule has 1 N–H and O–H groups in total. The molecule has 5 heteroatoms. The molecule has 2 aromatic rings. The summed E-state index contributed by atoms with van der Waals surface area (Å²) in [7, 11) is 0. The van der Waals surface area contributed by atoms with Crippen LogP contribution in [0.4, 0.5) is 0 Å². The minimum absolute atomic E-state index is 0.406. The fourth-order valence-electron chi connectivity index (χ4n) is 1.86. The monoisotopic (exact) mass is 338 g/mol. The van der Waals surface area contributed by atoms with Crippen LogP contribution in [-0.4, -0.2) is 16.8 Å². The van der Waals surface area contributed by atoms with E-state index < -0.39 is 5.97 Å². The Kier molecular flexibility index (Phi) is 6.03. The van der Waals surface area contributed by atoms with Crippen LogP contribution in [0.15, 0.2) is 52.3 Å². The molecule has 110 valence electrons. The molecule has 2 rings (SSSR count). The summed E-state index contributed by atoms with van der Waals surface area (Å²) >= 11 is 8.96. The Balaban J connectivity index is 2.21. The van der Waals surface area contributed by atoms with Gasteiger partial charge in [0.2, 0.25) is 0 Å². The molecule has 0 amide bonds. The summed E-state index contributed by atoms with van der Waals surface area (Å²) in [4.78, 5) is 13.2. The molecule has 0 aliphatic rings. The Morgan fingerprint density at radius 3 is 2.29 bits per heavy atom. The smallest absolute Gasteiger partial charge is 0.337 e. The lowest BCUT2D eigenvalue weighted by atomic mass is 10.2. The fourth-order valence-corrected chi connectivity index (χ4v) is 3.91. The molecule has 0 radical (unpaired) electrons. The normalized spacial score (nSPS) is 10.6. The summed E-state index contributed by atoms with van der Waals surface area (Å²) in [6.07, 6.45) is 0. The predicted octanol–water partition coefficient (Wildman–Crippen LogP) is 5.44. The highest BCUT2D eigenvalue weighted by Crippen LogP contribution is 2.33. The van der Waals surface area contributed by atoms with Gasteiger partial charge in [0.1, 0.15) is 0 Å². The first-order valence-electron chi connectivity index (χ1n) is 6.48. The largest absolute Gasteiger partial charge is 0.478 e. The zero-order chi connectivity index (χ0) is 15.2. The van der Waals surface area contributed by atoms with Gasteiger partial charge in [0, 0.05) is 20.6 Å². The molecule has 0 heterocycles. The van der Waals surface area contributed by atoms with E-state index in [1.165, 1.54) is 11.8 Å². The van der Waals surface area contributed by atoms with Crippen molar-refractivity contribution in [3.63, 3.8) is 0 Å². The highest BCUT2D eigenvalue weighted by atomic mass is 35.5. The van der Waals surface area contributed by atoms with Gasteiger partial charge < -0.3 is 5.11 Å². The SMILES string of the molecule is CCSc1cccc(SCc2ccc(Cl)cc2)c1C(=O)O. The minimum atomic E-state index is -0.870. The van der Waals surface area contributed by atoms with E-state index in [2.05, 4.69) is 0 Å². The van der Waals surface area contributed by atoms with Gasteiger partial charge in [-0.2, -0.15) is 0 Å². The molecule has 0 aliphatic carbocycles. The number of carbonyl (C=O) groups is 1. The molecule has 0 bridgehead atoms. The van der Waals surface area contributed by atoms with E-state index >= 15 is 0 Å². The zero-order valence-corrected chi connectivity index (χ0v) is 13.9. The van der Waals surface area contributed by atoms with Gasteiger partial charge in [-0.1, -0.05) is 36.7 Å². The van der Waals surface area contributed by atoms with Crippen molar-refractivity contribution in [2.75, 3.05) is 5.75 Å². The second-order valence-electron chi connectivity index (χ2n) is 4.28. The average Bonchev–Trinajstić information content (AvgIpc) is 2.47. The lowest BCUT2D eigenvalue weighted by Crippen LogP contribution is -2.01. The van der Waals surface area contributed by atoms with Crippen molar-refractivity contribution in [1.82, 2.24) is 0 Å². The highest BCUT2D eigenvalue weighted by Gasteiger charge is 2.15. The summed E-state index contributed by atoms with van der Waals surface area (Å²) in [6, 6.07) is 13.3. The third-order valence-corrected chi connectivity index (χ3v) is 5.13. The van der Waals surface area contributed by atoms with Crippen LogP contribution in [0.3, 0.4) is 0 Å². The van der Waals surface area contributed by atoms with Gasteiger partial charge in [-0.05, 0) is 35.6 Å². The van der Waals surface area contributed by atoms with Crippen molar-refractivity contribution in [2.24, 2.45) is 0 Å². The van der Waals surface area contributed by atoms with E-state index in [9.17, 15) is 9.90 Å². The van der Waals surface area contributed by atoms with Gasteiger partial charge in [-0.3, -0.25) is 0 Å². The zero-order valence-electron chi connectivity index (χ0n) is 11.5. The van der Waals surface area contributed by atoms with Crippen LogP contribution < -0.4 is 0 Å². The average molecular weight is 339 g/mol. The van der Waals surface area contributed by atoms with Crippen LogP contribution in [0.2, 0.25) is 5.02 Å². The predicted molar refractivity (Wildman–Crippen MR) is 90.8 cm³/mol. The maximum Gasteiger partial charge on any atom is 0.337 e. The number of hydrogen-bond acceptors (Lipinski definition) is 3. The van der Waals surface area contributed by atoms with Crippen molar-refractivity contribution in [1.29, 1.82) is 0 Å². The Labute approximate surface area is 137 Å². The summed E-state index contributed by atoms with van der Waals surface area (Å²) in [5.41, 5.74) is 1.53. The number of carboxylic acids is 1. The van der Waals surface area contributed by atoms with Crippen LogP contribution >= 0.6 is 35.1 Å². The molecule has 0 saturated heterocycles. The fraction of sp³-hybridized carbons (Fsp3) is 0.188. The number of aromatic carboxylic acids is 1. The van der Waals surface area contributed by atoms with Gasteiger partial charge in [-0.15, -0.1) is 23.5 Å². The molecule has 0 aliphatic heterocycles. The van der Waals surface area contributed by atoms with Crippen LogP contribution in [0.5, 0.6) is 0 Å². The highest BCUT2D eigenvalue weighted by molar-refractivity contribution is 7.99. The third-order valence-electron chi connectivity index (χ3n) is 2.81. The van der Waals surface area contributed by atoms with Crippen LogP contribution in [-0.2, 0) is 5.75 Å². The summed E-state index contributed by atoms with van der Waals surface area (Å²) in [5.74, 6) is 0.702. The first kappa shape index (κ1) is 16.3. The Morgan fingerprint density at radius 2 is 1.71 bits per heavy atom. The third kappa shape index (κ3) is 4.43. The van der Waals surface area contributed by atoms with Gasteiger partial charge in [0.05, 0.1) is 5.56 Å². The summed E-state index contributed by atoms with van der Waals surface area (Å²) < 4.78 is 0. The van der Waals surface area contributed by atoms with Crippen molar-refractivity contribution in [2.45, 2.75) is 22.5 Å². The molecule has 0 fully saturated rings. The molecule has 2 nitrogen and oxygen atoms in total. The first-order chi connectivity index (χ1) is 10.1. The number of halogens is 1. The molecule has 0 unspecified atom stereocenters. The molecular weight excluding hydrogens is 324 g/mol. The van der Waals surface area contributed by atoms with Crippen LogP contribution in [0.25, 0.3) is 0 Å². The number of rotatable bonds is 6. The van der Waals surface area contributed by atoms with Gasteiger partial charge >= 0.3 is 5.97 Å². The lowest BCUT2D eigenvalue weighted by Gasteiger charge is -2.10. The lowest BCUT2D eigenvalue weighted by molar-refractivity contribution is 0.0689. The molecule has 0 aromatic heterocycles. The number of thioether (sulfide) groups is 2. The van der Waals surface area contributed by atoms with Crippen LogP contribution in [0, 0.1) is 0 Å². The Bertz CT molecular complexity index is 627. The molecule has 0 spiro atoms. The standard InChI is InChI=1S/C16H15ClO2S2/c1-2-20-13-4-3-5-14(15(13)16(18)19)21-10-11-6-8-12(17)9-7-11/h3-9H,2,10H2,1H3,(H,18,19). The van der Waals surface area contributed by atoms with Crippen LogP contribution in [0.1, 0.15) is 22.8 Å². The van der Waals surface area contributed by atoms with E-state index in [-0.39, 0.29) is 0 Å². The van der Waals surface area contributed by atoms with Gasteiger partial charge in [0.25, 0.3) is 0 Å². The van der Waals surface area contributed by atoms with E-state index in [1.807, 2.05) is 49.4 Å². The van der Waals surface area contributed by atoms with Crippen molar-refractivity contribution < 1.29 is 9.90 Å². The van der Waals surface area contributed by atoms with Crippen molar-refractivity contribution in [3.8, 4) is 0 Å². The van der Waals surface area contributed by atoms with Gasteiger partial charge in [0.15, 0.2) is 0 Å². The molecule has 21 heavy (non-hydrogen) atoms. The first-order valence-corrected chi connectivity index (χ1v) is 8.83. The number of benzene rings is 2. The van der Waals surface area contributed by atoms with E-state index in [0.29, 0.717) is 10.6 Å². The number of carboxylic acid groups (broad SMARTS) is 1. The number of hydrogen-bond donors (Lipinski definition) is 1. The summed E-state index contributed by atoms with van der Waals surface area (Å²) in [5, 5.41) is 10.2. The molecule has 2 aromatic carbocycles.